The summed E-state index contributed by atoms with van der Waals surface area (Å²) in [6.45, 7) is 14.3. The molecular weight excluding hydrogens is 412 g/mol. The van der Waals surface area contributed by atoms with Crippen LogP contribution in [-0.4, -0.2) is 23.6 Å². The van der Waals surface area contributed by atoms with Gasteiger partial charge in [-0.15, -0.1) is 0 Å². The molecule has 1 fully saturated rings. The number of anilines is 1. The van der Waals surface area contributed by atoms with Gasteiger partial charge >= 0.3 is 0 Å². The highest BCUT2D eigenvalue weighted by atomic mass is 16.2. The Labute approximate surface area is 198 Å². The number of amides is 2. The van der Waals surface area contributed by atoms with Crippen molar-refractivity contribution in [1.82, 2.24) is 5.32 Å². The molecule has 2 amide bonds. The van der Waals surface area contributed by atoms with Crippen molar-refractivity contribution in [2.75, 3.05) is 5.32 Å². The van der Waals surface area contributed by atoms with Gasteiger partial charge in [-0.2, -0.15) is 0 Å². The van der Waals surface area contributed by atoms with Gasteiger partial charge in [0.05, 0.1) is 0 Å². The molecule has 2 aliphatic rings. The van der Waals surface area contributed by atoms with Crippen LogP contribution in [0.5, 0.6) is 0 Å². The monoisotopic (exact) mass is 450 g/mol. The standard InChI is InChI=1S/C28H38N2O3/c1-16(2)13-25(28(33)29-22-11-7-17(3)8-12-22)30-27(32)19(5)21-10-9-18(4)23-15-26(31)20(6)24(23)14-21/h7-8,11-12,16,18,21,23,25H,5,9-10,13-15H2,1-4,6H3,(H,29,33)(H,30,32)/t18?,21-,23?,25+/m0/s1. The number of fused-ring (bicyclic) bond motifs is 1. The Kier molecular flexibility index (Phi) is 7.93. The van der Waals surface area contributed by atoms with Crippen molar-refractivity contribution in [2.45, 2.75) is 72.8 Å². The molecule has 0 saturated heterocycles. The third-order valence-corrected chi connectivity index (χ3v) is 7.31. The van der Waals surface area contributed by atoms with Gasteiger partial charge in [-0.25, -0.2) is 0 Å². The van der Waals surface area contributed by atoms with E-state index in [4.69, 9.17) is 0 Å². The molecule has 1 saturated carbocycles. The molecule has 5 nitrogen and oxygen atoms in total. The van der Waals surface area contributed by atoms with Crippen molar-refractivity contribution in [3.05, 3.63) is 53.1 Å². The quantitative estimate of drug-likeness (QED) is 0.549. The van der Waals surface area contributed by atoms with E-state index in [2.05, 4.69) is 24.1 Å². The summed E-state index contributed by atoms with van der Waals surface area (Å²) in [5.74, 6) is 0.713. The van der Waals surface area contributed by atoms with E-state index in [9.17, 15) is 14.4 Å². The van der Waals surface area contributed by atoms with E-state index in [0.717, 1.165) is 24.0 Å². The Morgan fingerprint density at radius 3 is 2.39 bits per heavy atom. The maximum Gasteiger partial charge on any atom is 0.247 e. The second-order valence-corrected chi connectivity index (χ2v) is 10.4. The van der Waals surface area contributed by atoms with Gasteiger partial charge in [-0.05, 0) is 80.9 Å². The predicted molar refractivity (Wildman–Crippen MR) is 133 cm³/mol. The van der Waals surface area contributed by atoms with Crippen LogP contribution >= 0.6 is 0 Å². The normalized spacial score (nSPS) is 23.7. The Hall–Kier alpha value is -2.69. The number of carbonyl (C=O) groups excluding carboxylic acids is 3. The molecule has 5 heteroatoms. The highest BCUT2D eigenvalue weighted by Crippen LogP contribution is 2.45. The van der Waals surface area contributed by atoms with E-state index >= 15 is 0 Å². The fourth-order valence-electron chi connectivity index (χ4n) is 5.12. The molecule has 2 unspecified atom stereocenters. The summed E-state index contributed by atoms with van der Waals surface area (Å²) < 4.78 is 0. The lowest BCUT2D eigenvalue weighted by Crippen LogP contribution is -2.45. The molecule has 178 valence electrons. The van der Waals surface area contributed by atoms with E-state index in [1.165, 1.54) is 5.57 Å². The van der Waals surface area contributed by atoms with Gasteiger partial charge in [-0.1, -0.05) is 50.6 Å². The highest BCUT2D eigenvalue weighted by Gasteiger charge is 2.38. The molecule has 4 atom stereocenters. The van der Waals surface area contributed by atoms with Gasteiger partial charge in [-0.3, -0.25) is 14.4 Å². The van der Waals surface area contributed by atoms with Crippen molar-refractivity contribution in [3.8, 4) is 0 Å². The lowest BCUT2D eigenvalue weighted by Gasteiger charge is -2.23. The van der Waals surface area contributed by atoms with Gasteiger partial charge in [0.2, 0.25) is 11.8 Å². The number of ketones is 1. The zero-order valence-electron chi connectivity index (χ0n) is 20.7. The van der Waals surface area contributed by atoms with Crippen molar-refractivity contribution in [3.63, 3.8) is 0 Å². The summed E-state index contributed by atoms with van der Waals surface area (Å²) in [6.07, 6.45) is 3.69. The van der Waals surface area contributed by atoms with E-state index in [0.29, 0.717) is 42.4 Å². The number of hydrogen-bond acceptors (Lipinski definition) is 3. The second-order valence-electron chi connectivity index (χ2n) is 10.4. The van der Waals surface area contributed by atoms with E-state index in [1.54, 1.807) is 0 Å². The number of carbonyl (C=O) groups is 3. The van der Waals surface area contributed by atoms with Crippen LogP contribution in [0.1, 0.15) is 65.4 Å². The zero-order valence-corrected chi connectivity index (χ0v) is 20.7. The topological polar surface area (TPSA) is 75.3 Å². The van der Waals surface area contributed by atoms with Gasteiger partial charge in [0.15, 0.2) is 5.78 Å². The first-order chi connectivity index (χ1) is 15.6. The molecule has 2 aliphatic carbocycles. The summed E-state index contributed by atoms with van der Waals surface area (Å²) in [6, 6.07) is 6.98. The van der Waals surface area contributed by atoms with Crippen LogP contribution < -0.4 is 10.6 Å². The molecule has 0 aliphatic heterocycles. The molecule has 0 aromatic heterocycles. The molecule has 2 N–H and O–H groups in total. The molecule has 0 heterocycles. The van der Waals surface area contributed by atoms with Gasteiger partial charge in [0.1, 0.15) is 6.04 Å². The van der Waals surface area contributed by atoms with Crippen molar-refractivity contribution >= 4 is 23.3 Å². The predicted octanol–water partition coefficient (Wildman–Crippen LogP) is 5.36. The molecule has 0 radical (unpaired) electrons. The Morgan fingerprint density at radius 2 is 1.76 bits per heavy atom. The fourth-order valence-corrected chi connectivity index (χ4v) is 5.12. The summed E-state index contributed by atoms with van der Waals surface area (Å²) in [4.78, 5) is 38.5. The summed E-state index contributed by atoms with van der Waals surface area (Å²) >= 11 is 0. The van der Waals surface area contributed by atoms with Crippen LogP contribution in [0.2, 0.25) is 0 Å². The Bertz CT molecular complexity index is 958. The van der Waals surface area contributed by atoms with Crippen LogP contribution in [0.15, 0.2) is 47.6 Å². The van der Waals surface area contributed by atoms with E-state index < -0.39 is 6.04 Å². The minimum Gasteiger partial charge on any atom is -0.341 e. The molecule has 0 spiro atoms. The molecule has 1 aromatic rings. The number of hydrogen-bond donors (Lipinski definition) is 2. The smallest absolute Gasteiger partial charge is 0.247 e. The first-order valence-electron chi connectivity index (χ1n) is 12.2. The number of benzene rings is 1. The molecular formula is C28H38N2O3. The number of rotatable bonds is 7. The maximum atomic E-state index is 13.2. The van der Waals surface area contributed by atoms with E-state index in [1.807, 2.05) is 52.0 Å². The fraction of sp³-hybridized carbons (Fsp3) is 0.536. The Morgan fingerprint density at radius 1 is 1.09 bits per heavy atom. The summed E-state index contributed by atoms with van der Waals surface area (Å²) in [5.41, 5.74) is 4.43. The van der Waals surface area contributed by atoms with Crippen LogP contribution in [0.25, 0.3) is 0 Å². The largest absolute Gasteiger partial charge is 0.341 e. The number of Topliss-reactive ketones (excluding diaryl/α,β-unsaturated/α-hetero) is 1. The average Bonchev–Trinajstić information content (AvgIpc) is 2.94. The zero-order chi connectivity index (χ0) is 24.3. The minimum atomic E-state index is -0.637. The summed E-state index contributed by atoms with van der Waals surface area (Å²) in [5, 5.41) is 5.88. The number of aryl methyl sites for hydroxylation is 1. The van der Waals surface area contributed by atoms with Crippen molar-refractivity contribution < 1.29 is 14.4 Å². The van der Waals surface area contributed by atoms with Gasteiger partial charge in [0.25, 0.3) is 0 Å². The third-order valence-electron chi connectivity index (χ3n) is 7.31. The first-order valence-corrected chi connectivity index (χ1v) is 12.2. The third kappa shape index (κ3) is 6.01. The number of nitrogens with one attached hydrogen (secondary N) is 2. The lowest BCUT2D eigenvalue weighted by molar-refractivity contribution is -0.125. The van der Waals surface area contributed by atoms with Crippen LogP contribution in [0, 0.1) is 30.6 Å². The maximum absolute atomic E-state index is 13.2. The van der Waals surface area contributed by atoms with Gasteiger partial charge < -0.3 is 10.6 Å². The average molecular weight is 451 g/mol. The highest BCUT2D eigenvalue weighted by molar-refractivity contribution is 6.01. The van der Waals surface area contributed by atoms with Crippen molar-refractivity contribution in [2.24, 2.45) is 23.7 Å². The van der Waals surface area contributed by atoms with Crippen molar-refractivity contribution in [1.29, 1.82) is 0 Å². The molecule has 33 heavy (non-hydrogen) atoms. The molecule has 0 bridgehead atoms. The first kappa shape index (κ1) is 24.9. The van der Waals surface area contributed by atoms with E-state index in [-0.39, 0.29) is 29.4 Å². The SMILES string of the molecule is C=C(C(=O)N[C@H](CC(C)C)C(=O)Nc1ccc(C)cc1)[C@H]1CCC(C)C2CC(=O)C(C)=C2C1. The minimum absolute atomic E-state index is 0.00633. The second kappa shape index (κ2) is 10.5. The summed E-state index contributed by atoms with van der Waals surface area (Å²) in [7, 11) is 0. The molecule has 3 rings (SSSR count). The van der Waals surface area contributed by atoms with Crippen LogP contribution in [0.4, 0.5) is 5.69 Å². The van der Waals surface area contributed by atoms with Gasteiger partial charge in [0, 0.05) is 17.7 Å². The Balaban J connectivity index is 1.70. The molecule has 1 aromatic carbocycles. The van der Waals surface area contributed by atoms with Crippen LogP contribution in [0.3, 0.4) is 0 Å². The lowest BCUT2D eigenvalue weighted by atomic mass is 9.86. The number of allylic oxidation sites excluding steroid dienone is 2. The van der Waals surface area contributed by atoms with Crippen LogP contribution in [-0.2, 0) is 14.4 Å².